The molecule has 0 aliphatic carbocycles. The summed E-state index contributed by atoms with van der Waals surface area (Å²) >= 11 is 5.98. The molecule has 0 saturated carbocycles. The minimum atomic E-state index is 0.821. The Hall–Kier alpha value is -1.47. The van der Waals surface area contributed by atoms with Crippen molar-refractivity contribution in [3.8, 4) is 0 Å². The van der Waals surface area contributed by atoms with Crippen LogP contribution in [0, 0.1) is 6.92 Å². The standard InChI is InChI=1S/C14H14ClN/c1-11-9-12(7-8-14(11)15)10-16-13-5-3-2-4-6-13/h2-9,16H,10H2,1H3. The first-order valence-corrected chi connectivity index (χ1v) is 5.67. The Morgan fingerprint density at radius 2 is 1.81 bits per heavy atom. The second-order valence-corrected chi connectivity index (χ2v) is 4.21. The molecule has 0 aromatic heterocycles. The van der Waals surface area contributed by atoms with E-state index >= 15 is 0 Å². The first-order valence-electron chi connectivity index (χ1n) is 5.29. The Balaban J connectivity index is 2.03. The maximum absolute atomic E-state index is 5.98. The van der Waals surface area contributed by atoms with Gasteiger partial charge in [0.2, 0.25) is 0 Å². The van der Waals surface area contributed by atoms with Crippen molar-refractivity contribution < 1.29 is 0 Å². The second kappa shape index (κ2) is 5.04. The molecule has 0 aliphatic heterocycles. The first-order chi connectivity index (χ1) is 7.75. The smallest absolute Gasteiger partial charge is 0.0435 e. The Morgan fingerprint density at radius 1 is 1.06 bits per heavy atom. The maximum Gasteiger partial charge on any atom is 0.0435 e. The highest BCUT2D eigenvalue weighted by molar-refractivity contribution is 6.31. The molecule has 0 radical (unpaired) electrons. The number of hydrogen-bond acceptors (Lipinski definition) is 1. The highest BCUT2D eigenvalue weighted by atomic mass is 35.5. The van der Waals surface area contributed by atoms with E-state index in [2.05, 4.69) is 23.5 Å². The third-order valence-corrected chi connectivity index (χ3v) is 2.92. The molecule has 2 rings (SSSR count). The molecule has 1 N–H and O–H groups in total. The van der Waals surface area contributed by atoms with E-state index in [1.165, 1.54) is 5.56 Å². The number of aryl methyl sites for hydroxylation is 1. The Labute approximate surface area is 101 Å². The molecular formula is C14H14ClN. The van der Waals surface area contributed by atoms with Crippen LogP contribution in [-0.2, 0) is 6.54 Å². The minimum Gasteiger partial charge on any atom is -0.381 e. The number of hydrogen-bond donors (Lipinski definition) is 1. The third kappa shape index (κ3) is 2.77. The molecule has 0 unspecified atom stereocenters. The predicted octanol–water partition coefficient (Wildman–Crippen LogP) is 4.26. The van der Waals surface area contributed by atoms with Crippen LogP contribution >= 0.6 is 11.6 Å². The number of benzene rings is 2. The SMILES string of the molecule is Cc1cc(CNc2ccccc2)ccc1Cl. The summed E-state index contributed by atoms with van der Waals surface area (Å²) in [4.78, 5) is 0. The molecule has 82 valence electrons. The van der Waals surface area contributed by atoms with E-state index in [0.717, 1.165) is 22.8 Å². The van der Waals surface area contributed by atoms with E-state index in [4.69, 9.17) is 11.6 Å². The van der Waals surface area contributed by atoms with Crippen molar-refractivity contribution in [2.75, 3.05) is 5.32 Å². The lowest BCUT2D eigenvalue weighted by atomic mass is 10.1. The van der Waals surface area contributed by atoms with Crippen LogP contribution in [0.4, 0.5) is 5.69 Å². The molecule has 0 spiro atoms. The number of para-hydroxylation sites is 1. The summed E-state index contributed by atoms with van der Waals surface area (Å²) in [6.45, 7) is 2.84. The summed E-state index contributed by atoms with van der Waals surface area (Å²) in [6, 6.07) is 16.3. The molecule has 16 heavy (non-hydrogen) atoms. The van der Waals surface area contributed by atoms with Crippen molar-refractivity contribution in [2.45, 2.75) is 13.5 Å². The van der Waals surface area contributed by atoms with Crippen LogP contribution in [0.5, 0.6) is 0 Å². The fraction of sp³-hybridized carbons (Fsp3) is 0.143. The topological polar surface area (TPSA) is 12.0 Å². The van der Waals surface area contributed by atoms with E-state index in [0.29, 0.717) is 0 Å². The molecular weight excluding hydrogens is 218 g/mol. The van der Waals surface area contributed by atoms with Gasteiger partial charge < -0.3 is 5.32 Å². The zero-order valence-corrected chi connectivity index (χ0v) is 9.96. The maximum atomic E-state index is 5.98. The summed E-state index contributed by atoms with van der Waals surface area (Å²) in [5.41, 5.74) is 3.50. The lowest BCUT2D eigenvalue weighted by molar-refractivity contribution is 1.14. The van der Waals surface area contributed by atoms with E-state index in [9.17, 15) is 0 Å². The lowest BCUT2D eigenvalue weighted by Gasteiger charge is -2.07. The highest BCUT2D eigenvalue weighted by Gasteiger charge is 1.97. The van der Waals surface area contributed by atoms with Gasteiger partial charge in [-0.1, -0.05) is 41.9 Å². The molecule has 2 aromatic rings. The van der Waals surface area contributed by atoms with Crippen molar-refractivity contribution in [1.82, 2.24) is 0 Å². The van der Waals surface area contributed by atoms with Crippen LogP contribution in [0.1, 0.15) is 11.1 Å². The molecule has 2 heteroatoms. The molecule has 0 saturated heterocycles. The van der Waals surface area contributed by atoms with Crippen molar-refractivity contribution in [1.29, 1.82) is 0 Å². The molecule has 0 fully saturated rings. The van der Waals surface area contributed by atoms with Gasteiger partial charge in [-0.25, -0.2) is 0 Å². The largest absolute Gasteiger partial charge is 0.381 e. The quantitative estimate of drug-likeness (QED) is 0.832. The number of nitrogens with one attached hydrogen (secondary N) is 1. The van der Waals surface area contributed by atoms with Crippen molar-refractivity contribution in [3.05, 3.63) is 64.7 Å². The number of halogens is 1. The van der Waals surface area contributed by atoms with Gasteiger partial charge in [-0.2, -0.15) is 0 Å². The number of rotatable bonds is 3. The summed E-state index contributed by atoms with van der Waals surface area (Å²) in [7, 11) is 0. The van der Waals surface area contributed by atoms with Gasteiger partial charge in [0, 0.05) is 17.3 Å². The van der Waals surface area contributed by atoms with E-state index in [-0.39, 0.29) is 0 Å². The first kappa shape index (κ1) is 11.0. The fourth-order valence-electron chi connectivity index (χ4n) is 1.58. The van der Waals surface area contributed by atoms with Gasteiger partial charge in [-0.05, 0) is 36.2 Å². The molecule has 2 aromatic carbocycles. The number of anilines is 1. The van der Waals surface area contributed by atoms with Crippen LogP contribution in [-0.4, -0.2) is 0 Å². The highest BCUT2D eigenvalue weighted by Crippen LogP contribution is 2.17. The Kier molecular flexibility index (Phi) is 3.47. The summed E-state index contributed by atoms with van der Waals surface area (Å²) in [6.07, 6.45) is 0. The molecule has 0 atom stereocenters. The molecule has 0 aliphatic rings. The van der Waals surface area contributed by atoms with E-state index in [1.807, 2.05) is 37.3 Å². The fourth-order valence-corrected chi connectivity index (χ4v) is 1.69. The minimum absolute atomic E-state index is 0.821. The van der Waals surface area contributed by atoms with Crippen LogP contribution < -0.4 is 5.32 Å². The average molecular weight is 232 g/mol. The van der Waals surface area contributed by atoms with Crippen LogP contribution in [0.2, 0.25) is 5.02 Å². The monoisotopic (exact) mass is 231 g/mol. The van der Waals surface area contributed by atoms with Gasteiger partial charge in [0.25, 0.3) is 0 Å². The van der Waals surface area contributed by atoms with Crippen molar-refractivity contribution in [2.24, 2.45) is 0 Å². The van der Waals surface area contributed by atoms with Gasteiger partial charge in [0.05, 0.1) is 0 Å². The Morgan fingerprint density at radius 3 is 2.50 bits per heavy atom. The lowest BCUT2D eigenvalue weighted by Crippen LogP contribution is -1.99. The summed E-state index contributed by atoms with van der Waals surface area (Å²) < 4.78 is 0. The van der Waals surface area contributed by atoms with Gasteiger partial charge in [-0.15, -0.1) is 0 Å². The van der Waals surface area contributed by atoms with E-state index < -0.39 is 0 Å². The molecule has 0 heterocycles. The molecule has 0 bridgehead atoms. The van der Waals surface area contributed by atoms with Crippen molar-refractivity contribution >= 4 is 17.3 Å². The predicted molar refractivity (Wildman–Crippen MR) is 70.0 cm³/mol. The van der Waals surface area contributed by atoms with Gasteiger partial charge in [0.15, 0.2) is 0 Å². The molecule has 0 amide bonds. The van der Waals surface area contributed by atoms with Gasteiger partial charge in [-0.3, -0.25) is 0 Å². The van der Waals surface area contributed by atoms with Gasteiger partial charge in [0.1, 0.15) is 0 Å². The van der Waals surface area contributed by atoms with Crippen LogP contribution in [0.25, 0.3) is 0 Å². The van der Waals surface area contributed by atoms with Gasteiger partial charge >= 0.3 is 0 Å². The summed E-state index contributed by atoms with van der Waals surface area (Å²) in [5.74, 6) is 0. The van der Waals surface area contributed by atoms with Crippen molar-refractivity contribution in [3.63, 3.8) is 0 Å². The van der Waals surface area contributed by atoms with E-state index in [1.54, 1.807) is 0 Å². The zero-order valence-electron chi connectivity index (χ0n) is 9.20. The van der Waals surface area contributed by atoms with Crippen LogP contribution in [0.15, 0.2) is 48.5 Å². The Bertz CT molecular complexity index is 465. The second-order valence-electron chi connectivity index (χ2n) is 3.80. The van der Waals surface area contributed by atoms with Crippen LogP contribution in [0.3, 0.4) is 0 Å². The average Bonchev–Trinajstić information content (AvgIpc) is 2.32. The molecule has 1 nitrogen and oxygen atoms in total. The summed E-state index contributed by atoms with van der Waals surface area (Å²) in [5, 5.41) is 4.19. The normalized spacial score (nSPS) is 10.1. The zero-order chi connectivity index (χ0) is 11.4. The third-order valence-electron chi connectivity index (χ3n) is 2.49.